The van der Waals surface area contributed by atoms with Gasteiger partial charge in [0.05, 0.1) is 11.5 Å². The molecule has 2 amide bonds. The number of hydrogen-bond donors (Lipinski definition) is 1. The van der Waals surface area contributed by atoms with Gasteiger partial charge in [-0.05, 0) is 43.9 Å². The second-order valence-electron chi connectivity index (χ2n) is 7.69. The summed E-state index contributed by atoms with van der Waals surface area (Å²) in [6, 6.07) is 5.92. The predicted octanol–water partition coefficient (Wildman–Crippen LogP) is 3.23. The van der Waals surface area contributed by atoms with Crippen molar-refractivity contribution in [2.75, 3.05) is 5.32 Å². The molecule has 1 atom stereocenters. The Morgan fingerprint density at radius 3 is 2.97 bits per heavy atom. The van der Waals surface area contributed by atoms with E-state index in [1.54, 1.807) is 0 Å². The smallest absolute Gasteiger partial charge is 0.260 e. The molecule has 0 bridgehead atoms. The van der Waals surface area contributed by atoms with Crippen molar-refractivity contribution in [3.8, 4) is 0 Å². The average molecular weight is 412 g/mol. The summed E-state index contributed by atoms with van der Waals surface area (Å²) < 4.78 is 2.17. The summed E-state index contributed by atoms with van der Waals surface area (Å²) >= 11 is 1.38. The van der Waals surface area contributed by atoms with E-state index in [9.17, 15) is 9.59 Å². The lowest BCUT2D eigenvalue weighted by Crippen LogP contribution is -2.21. The molecule has 4 rings (SSSR count). The van der Waals surface area contributed by atoms with Gasteiger partial charge in [-0.2, -0.15) is 0 Å². The van der Waals surface area contributed by atoms with Crippen LogP contribution in [0.1, 0.15) is 48.5 Å². The van der Waals surface area contributed by atoms with Crippen LogP contribution in [0.25, 0.3) is 0 Å². The van der Waals surface area contributed by atoms with E-state index in [1.807, 2.05) is 32.0 Å². The van der Waals surface area contributed by atoms with Crippen molar-refractivity contribution < 1.29 is 9.59 Å². The molecule has 152 valence electrons. The summed E-state index contributed by atoms with van der Waals surface area (Å²) in [6.07, 6.45) is 5.03. The lowest BCUT2D eigenvalue weighted by Gasteiger charge is -2.11. The molecule has 1 aromatic heterocycles. The number of nitrogens with one attached hydrogen (secondary N) is 1. The topological polar surface area (TPSA) is 89.2 Å². The zero-order valence-electron chi connectivity index (χ0n) is 16.8. The number of aliphatic imine (C=N–C) groups is 1. The number of fused-ring (bicyclic) bond motifs is 1. The molecule has 2 aromatic rings. The van der Waals surface area contributed by atoms with Crippen LogP contribution >= 0.6 is 11.8 Å². The molecule has 3 heterocycles. The third-order valence-electron chi connectivity index (χ3n) is 5.32. The monoisotopic (exact) mass is 411 g/mol. The summed E-state index contributed by atoms with van der Waals surface area (Å²) in [5.74, 6) is 1.48. The average Bonchev–Trinajstić information content (AvgIpc) is 3.11. The fraction of sp³-hybridized carbons (Fsp3) is 0.476. The van der Waals surface area contributed by atoms with E-state index in [-0.39, 0.29) is 18.2 Å². The quantitative estimate of drug-likeness (QED) is 0.816. The van der Waals surface area contributed by atoms with Gasteiger partial charge in [0.2, 0.25) is 5.91 Å². The van der Waals surface area contributed by atoms with Crippen LogP contribution in [0, 0.1) is 13.8 Å². The highest BCUT2D eigenvalue weighted by atomic mass is 32.2. The first-order chi connectivity index (χ1) is 14.0. The molecule has 29 heavy (non-hydrogen) atoms. The highest BCUT2D eigenvalue weighted by molar-refractivity contribution is 8.15. The van der Waals surface area contributed by atoms with Crippen molar-refractivity contribution >= 4 is 34.3 Å². The van der Waals surface area contributed by atoms with E-state index < -0.39 is 5.25 Å². The molecule has 0 saturated heterocycles. The molecule has 0 fully saturated rings. The Hall–Kier alpha value is -2.48. The Morgan fingerprint density at radius 2 is 2.10 bits per heavy atom. The third kappa shape index (κ3) is 4.58. The van der Waals surface area contributed by atoms with Gasteiger partial charge in [-0.3, -0.25) is 9.59 Å². The summed E-state index contributed by atoms with van der Waals surface area (Å²) in [4.78, 5) is 29.0. The van der Waals surface area contributed by atoms with Crippen LogP contribution in [-0.2, 0) is 29.0 Å². The molecule has 0 radical (unpaired) electrons. The lowest BCUT2D eigenvalue weighted by molar-refractivity contribution is -0.121. The van der Waals surface area contributed by atoms with E-state index in [2.05, 4.69) is 25.1 Å². The fourth-order valence-electron chi connectivity index (χ4n) is 3.70. The molecule has 2 aliphatic heterocycles. The minimum atomic E-state index is -0.471. The lowest BCUT2D eigenvalue weighted by atomic mass is 10.1. The number of benzene rings is 1. The number of amides is 2. The first-order valence-electron chi connectivity index (χ1n) is 10.1. The van der Waals surface area contributed by atoms with E-state index in [1.165, 1.54) is 18.2 Å². The molecule has 2 aliphatic rings. The summed E-state index contributed by atoms with van der Waals surface area (Å²) in [5.41, 5.74) is 2.87. The highest BCUT2D eigenvalue weighted by Crippen LogP contribution is 2.28. The van der Waals surface area contributed by atoms with Crippen molar-refractivity contribution in [3.05, 3.63) is 41.0 Å². The van der Waals surface area contributed by atoms with Gasteiger partial charge in [0, 0.05) is 25.1 Å². The van der Waals surface area contributed by atoms with Crippen LogP contribution in [0.5, 0.6) is 0 Å². The summed E-state index contributed by atoms with van der Waals surface area (Å²) in [5, 5.41) is 11.8. The number of carbonyl (C=O) groups is 2. The van der Waals surface area contributed by atoms with Gasteiger partial charge >= 0.3 is 0 Å². The van der Waals surface area contributed by atoms with Crippen molar-refractivity contribution in [1.29, 1.82) is 0 Å². The first kappa shape index (κ1) is 19.8. The van der Waals surface area contributed by atoms with E-state index in [4.69, 9.17) is 0 Å². The van der Waals surface area contributed by atoms with Crippen molar-refractivity contribution in [2.24, 2.45) is 4.99 Å². The van der Waals surface area contributed by atoms with Crippen LogP contribution in [0.2, 0.25) is 0 Å². The van der Waals surface area contributed by atoms with Crippen molar-refractivity contribution in [3.63, 3.8) is 0 Å². The minimum absolute atomic E-state index is 0.113. The Morgan fingerprint density at radius 1 is 1.24 bits per heavy atom. The van der Waals surface area contributed by atoms with Crippen LogP contribution in [0.3, 0.4) is 0 Å². The zero-order chi connectivity index (χ0) is 20.4. The number of hydrogen-bond acceptors (Lipinski definition) is 5. The molecule has 1 N–H and O–H groups in total. The number of carbonyl (C=O) groups excluding carboxylic acids is 2. The number of aromatic nitrogens is 3. The molecule has 0 saturated carbocycles. The SMILES string of the molecule is Cc1ccc(C)c(NC(=O)C[C@H]2SC(Cc3nnc4n3CCCCC4)=NC2=O)c1. The van der Waals surface area contributed by atoms with Crippen LogP contribution in [-0.4, -0.2) is 36.9 Å². The van der Waals surface area contributed by atoms with Crippen molar-refractivity contribution in [1.82, 2.24) is 14.8 Å². The standard InChI is InChI=1S/C21H25N5O2S/c1-13-7-8-14(2)15(10-13)22-19(27)11-16-21(28)23-20(29-16)12-18-25-24-17-6-4-3-5-9-26(17)18/h7-8,10,16H,3-6,9,11-12H2,1-2H3,(H,22,27)/t16-/m1/s1. The van der Waals surface area contributed by atoms with Gasteiger partial charge in [0.15, 0.2) is 0 Å². The van der Waals surface area contributed by atoms with Gasteiger partial charge < -0.3 is 9.88 Å². The number of thioether (sulfide) groups is 1. The number of aryl methyl sites for hydroxylation is 3. The minimum Gasteiger partial charge on any atom is -0.326 e. The maximum atomic E-state index is 12.5. The maximum absolute atomic E-state index is 12.5. The molecule has 8 heteroatoms. The van der Waals surface area contributed by atoms with Gasteiger partial charge in [0.25, 0.3) is 5.91 Å². The van der Waals surface area contributed by atoms with E-state index >= 15 is 0 Å². The highest BCUT2D eigenvalue weighted by Gasteiger charge is 2.31. The van der Waals surface area contributed by atoms with Gasteiger partial charge in [-0.15, -0.1) is 10.2 Å². The largest absolute Gasteiger partial charge is 0.326 e. The second-order valence-corrected chi connectivity index (χ2v) is 8.97. The van der Waals surface area contributed by atoms with Gasteiger partial charge in [-0.25, -0.2) is 4.99 Å². The predicted molar refractivity (Wildman–Crippen MR) is 114 cm³/mol. The normalized spacial score (nSPS) is 18.9. The molecule has 1 aromatic carbocycles. The van der Waals surface area contributed by atoms with Crippen LogP contribution in [0.4, 0.5) is 5.69 Å². The number of rotatable bonds is 5. The Balaban J connectivity index is 1.36. The summed E-state index contributed by atoms with van der Waals surface area (Å²) in [7, 11) is 0. The number of anilines is 1. The third-order valence-corrected chi connectivity index (χ3v) is 6.48. The van der Waals surface area contributed by atoms with E-state index in [0.717, 1.165) is 59.3 Å². The zero-order valence-corrected chi connectivity index (χ0v) is 17.6. The van der Waals surface area contributed by atoms with Gasteiger partial charge in [0.1, 0.15) is 16.9 Å². The molecular weight excluding hydrogens is 386 g/mol. The maximum Gasteiger partial charge on any atom is 0.260 e. The van der Waals surface area contributed by atoms with Crippen LogP contribution < -0.4 is 5.32 Å². The Labute approximate surface area is 174 Å². The molecule has 0 aliphatic carbocycles. The molecule has 0 unspecified atom stereocenters. The number of nitrogens with zero attached hydrogens (tertiary/aromatic N) is 4. The Kier molecular flexibility index (Phi) is 5.80. The molecule has 0 spiro atoms. The van der Waals surface area contributed by atoms with Crippen molar-refractivity contribution in [2.45, 2.75) is 64.2 Å². The molecular formula is C21H25N5O2S. The van der Waals surface area contributed by atoms with Gasteiger partial charge in [-0.1, -0.05) is 30.3 Å². The Bertz CT molecular complexity index is 981. The molecule has 7 nitrogen and oxygen atoms in total. The van der Waals surface area contributed by atoms with Crippen LogP contribution in [0.15, 0.2) is 23.2 Å². The first-order valence-corrected chi connectivity index (χ1v) is 10.9. The second kappa shape index (κ2) is 8.49. The summed E-state index contributed by atoms with van der Waals surface area (Å²) in [6.45, 7) is 4.86. The fourth-order valence-corrected chi connectivity index (χ4v) is 4.77. The van der Waals surface area contributed by atoms with E-state index in [0.29, 0.717) is 6.42 Å².